The van der Waals surface area contributed by atoms with Crippen LogP contribution in [-0.2, 0) is 13.0 Å². The highest BCUT2D eigenvalue weighted by molar-refractivity contribution is 6.29. The maximum absolute atomic E-state index is 5.79. The Hall–Kier alpha value is -2.86. The minimum Gasteiger partial charge on any atom is -0.439 e. The number of benzene rings is 1. The molecule has 0 saturated heterocycles. The lowest BCUT2D eigenvalue weighted by Gasteiger charge is -2.10. The van der Waals surface area contributed by atoms with Crippen molar-refractivity contribution in [1.29, 1.82) is 0 Å². The van der Waals surface area contributed by atoms with Crippen molar-refractivity contribution >= 4 is 17.6 Å². The zero-order valence-corrected chi connectivity index (χ0v) is 15.2. The number of nitrogens with zero attached hydrogens (tertiary/aromatic N) is 3. The van der Waals surface area contributed by atoms with Crippen molar-refractivity contribution in [2.45, 2.75) is 13.0 Å². The number of oxazole rings is 1. The van der Waals surface area contributed by atoms with E-state index in [0.29, 0.717) is 23.5 Å². The van der Waals surface area contributed by atoms with Gasteiger partial charge in [-0.25, -0.2) is 9.97 Å². The molecule has 2 aromatic heterocycles. The van der Waals surface area contributed by atoms with E-state index in [2.05, 4.69) is 25.6 Å². The van der Waals surface area contributed by atoms with Gasteiger partial charge in [0.2, 0.25) is 5.89 Å². The summed E-state index contributed by atoms with van der Waals surface area (Å²) in [6.07, 6.45) is 4.33. The molecule has 0 atom stereocenters. The lowest BCUT2D eigenvalue weighted by Crippen LogP contribution is -2.37. The van der Waals surface area contributed by atoms with Gasteiger partial charge in [0, 0.05) is 25.4 Å². The van der Waals surface area contributed by atoms with Gasteiger partial charge in [-0.15, -0.1) is 0 Å². The van der Waals surface area contributed by atoms with Crippen molar-refractivity contribution < 1.29 is 4.42 Å². The SMILES string of the molecule is CN=C(NCCc1ccc(Cl)nc1)NCc1ncc(-c2ccccc2)o1. The number of pyridine rings is 1. The number of guanidine groups is 1. The van der Waals surface area contributed by atoms with Crippen LogP contribution in [0.15, 0.2) is 64.3 Å². The van der Waals surface area contributed by atoms with Crippen molar-refractivity contribution in [3.05, 3.63) is 71.5 Å². The standard InChI is InChI=1S/C19H20ClN5O/c1-21-19(22-10-9-14-7-8-17(20)23-11-14)25-13-18-24-12-16(26-18)15-5-3-2-4-6-15/h2-8,11-12H,9-10,13H2,1H3,(H2,21,22,25). The average molecular weight is 370 g/mol. The van der Waals surface area contributed by atoms with Gasteiger partial charge in [-0.3, -0.25) is 4.99 Å². The minimum absolute atomic E-state index is 0.453. The Bertz CT molecular complexity index is 846. The molecule has 26 heavy (non-hydrogen) atoms. The third kappa shape index (κ3) is 5.07. The normalized spacial score (nSPS) is 11.4. The fraction of sp³-hybridized carbons (Fsp3) is 0.211. The molecule has 0 unspecified atom stereocenters. The molecule has 0 bridgehead atoms. The second-order valence-corrected chi connectivity index (χ2v) is 5.96. The summed E-state index contributed by atoms with van der Waals surface area (Å²) >= 11 is 5.79. The first-order valence-electron chi connectivity index (χ1n) is 8.29. The van der Waals surface area contributed by atoms with E-state index < -0.39 is 0 Å². The first kappa shape index (κ1) is 17.9. The molecule has 0 amide bonds. The second-order valence-electron chi connectivity index (χ2n) is 5.58. The predicted octanol–water partition coefficient (Wildman–Crippen LogP) is 3.30. The number of hydrogen-bond donors (Lipinski definition) is 2. The van der Waals surface area contributed by atoms with Crippen molar-refractivity contribution in [1.82, 2.24) is 20.6 Å². The molecule has 3 rings (SSSR count). The number of aromatic nitrogens is 2. The zero-order valence-electron chi connectivity index (χ0n) is 14.4. The molecule has 0 aliphatic carbocycles. The Morgan fingerprint density at radius 1 is 1.08 bits per heavy atom. The quantitative estimate of drug-likeness (QED) is 0.396. The smallest absolute Gasteiger partial charge is 0.214 e. The molecule has 0 aliphatic rings. The molecule has 0 radical (unpaired) electrons. The molecule has 0 spiro atoms. The molecule has 0 saturated carbocycles. The van der Waals surface area contributed by atoms with Crippen molar-refractivity contribution in [3.8, 4) is 11.3 Å². The zero-order chi connectivity index (χ0) is 18.2. The Balaban J connectivity index is 1.47. The molecular weight excluding hydrogens is 350 g/mol. The first-order valence-corrected chi connectivity index (χ1v) is 8.67. The van der Waals surface area contributed by atoms with Crippen molar-refractivity contribution in [2.24, 2.45) is 4.99 Å². The lowest BCUT2D eigenvalue weighted by atomic mass is 10.2. The van der Waals surface area contributed by atoms with Gasteiger partial charge in [-0.2, -0.15) is 0 Å². The summed E-state index contributed by atoms with van der Waals surface area (Å²) < 4.78 is 5.77. The van der Waals surface area contributed by atoms with Gasteiger partial charge in [0.15, 0.2) is 11.7 Å². The van der Waals surface area contributed by atoms with Crippen LogP contribution in [0, 0.1) is 0 Å². The maximum atomic E-state index is 5.79. The Morgan fingerprint density at radius 2 is 1.92 bits per heavy atom. The van der Waals surface area contributed by atoms with E-state index in [1.807, 2.05) is 36.4 Å². The summed E-state index contributed by atoms with van der Waals surface area (Å²) in [7, 11) is 1.73. The predicted molar refractivity (Wildman–Crippen MR) is 103 cm³/mol. The second kappa shape index (κ2) is 9.01. The fourth-order valence-corrected chi connectivity index (χ4v) is 2.50. The number of halogens is 1. The van der Waals surface area contributed by atoms with E-state index in [-0.39, 0.29) is 0 Å². The van der Waals surface area contributed by atoms with Crippen molar-refractivity contribution in [2.75, 3.05) is 13.6 Å². The molecule has 1 aromatic carbocycles. The highest BCUT2D eigenvalue weighted by atomic mass is 35.5. The molecule has 2 heterocycles. The molecule has 134 valence electrons. The minimum atomic E-state index is 0.453. The summed E-state index contributed by atoms with van der Waals surface area (Å²) in [5.41, 5.74) is 2.11. The topological polar surface area (TPSA) is 75.3 Å². The van der Waals surface area contributed by atoms with Gasteiger partial charge in [0.05, 0.1) is 12.7 Å². The number of hydrogen-bond acceptors (Lipinski definition) is 4. The highest BCUT2D eigenvalue weighted by Crippen LogP contribution is 2.19. The van der Waals surface area contributed by atoms with Crippen LogP contribution in [0.25, 0.3) is 11.3 Å². The van der Waals surface area contributed by atoms with E-state index in [4.69, 9.17) is 16.0 Å². The molecule has 0 fully saturated rings. The molecule has 2 N–H and O–H groups in total. The summed E-state index contributed by atoms with van der Waals surface area (Å²) in [5, 5.41) is 6.94. The van der Waals surface area contributed by atoms with E-state index >= 15 is 0 Å². The van der Waals surface area contributed by atoms with E-state index in [1.165, 1.54) is 0 Å². The van der Waals surface area contributed by atoms with Crippen LogP contribution in [0.5, 0.6) is 0 Å². The molecule has 0 aliphatic heterocycles. The third-order valence-electron chi connectivity index (χ3n) is 3.74. The summed E-state index contributed by atoms with van der Waals surface area (Å²) in [5.74, 6) is 2.04. The third-order valence-corrected chi connectivity index (χ3v) is 3.96. The summed E-state index contributed by atoms with van der Waals surface area (Å²) in [6, 6.07) is 13.6. The molecule has 3 aromatic rings. The van der Waals surface area contributed by atoms with Gasteiger partial charge < -0.3 is 15.1 Å². The Labute approximate surface area is 157 Å². The largest absolute Gasteiger partial charge is 0.439 e. The van der Waals surface area contributed by atoms with Gasteiger partial charge in [-0.05, 0) is 18.1 Å². The van der Waals surface area contributed by atoms with Crippen LogP contribution < -0.4 is 10.6 Å². The first-order chi connectivity index (χ1) is 12.7. The number of aliphatic imine (C=N–C) groups is 1. The molecule has 7 heteroatoms. The van der Waals surface area contributed by atoms with E-state index in [0.717, 1.165) is 29.9 Å². The van der Waals surface area contributed by atoms with Gasteiger partial charge in [0.1, 0.15) is 5.15 Å². The number of rotatable bonds is 6. The van der Waals surface area contributed by atoms with Crippen molar-refractivity contribution in [3.63, 3.8) is 0 Å². The van der Waals surface area contributed by atoms with Crippen LogP contribution in [0.4, 0.5) is 0 Å². The van der Waals surface area contributed by atoms with E-state index in [1.54, 1.807) is 25.5 Å². The van der Waals surface area contributed by atoms with Gasteiger partial charge in [0.25, 0.3) is 0 Å². The Kier molecular flexibility index (Phi) is 6.22. The average Bonchev–Trinajstić information content (AvgIpc) is 3.16. The number of nitrogens with one attached hydrogen (secondary N) is 2. The molecular formula is C19H20ClN5O. The van der Waals surface area contributed by atoms with E-state index in [9.17, 15) is 0 Å². The molecule has 6 nitrogen and oxygen atoms in total. The van der Waals surface area contributed by atoms with Gasteiger partial charge >= 0.3 is 0 Å². The monoisotopic (exact) mass is 369 g/mol. The van der Waals surface area contributed by atoms with Crippen LogP contribution in [0.2, 0.25) is 5.15 Å². The lowest BCUT2D eigenvalue weighted by molar-refractivity contribution is 0.497. The van der Waals surface area contributed by atoms with Gasteiger partial charge in [-0.1, -0.05) is 48.0 Å². The van der Waals surface area contributed by atoms with Crippen LogP contribution in [0.3, 0.4) is 0 Å². The van der Waals surface area contributed by atoms with Crippen LogP contribution in [0.1, 0.15) is 11.5 Å². The maximum Gasteiger partial charge on any atom is 0.214 e. The summed E-state index contributed by atoms with van der Waals surface area (Å²) in [4.78, 5) is 12.6. The Morgan fingerprint density at radius 3 is 2.65 bits per heavy atom. The van der Waals surface area contributed by atoms with Crippen LogP contribution in [-0.4, -0.2) is 29.5 Å². The highest BCUT2D eigenvalue weighted by Gasteiger charge is 2.07. The summed E-state index contributed by atoms with van der Waals surface area (Å²) in [6.45, 7) is 1.18. The fourth-order valence-electron chi connectivity index (χ4n) is 2.39. The van der Waals surface area contributed by atoms with Crippen LogP contribution >= 0.6 is 11.6 Å².